The van der Waals surface area contributed by atoms with Crippen LogP contribution in [0.1, 0.15) is 5.56 Å². The van der Waals surface area contributed by atoms with Gasteiger partial charge in [-0.2, -0.15) is 0 Å². The van der Waals surface area contributed by atoms with Crippen LogP contribution in [0.25, 0.3) is 16.7 Å². The van der Waals surface area contributed by atoms with Gasteiger partial charge >= 0.3 is 5.76 Å². The van der Waals surface area contributed by atoms with E-state index in [1.807, 2.05) is 6.92 Å². The summed E-state index contributed by atoms with van der Waals surface area (Å²) in [4.78, 5) is 24.3. The molecule has 0 saturated carbocycles. The molecular formula is C15H10FNO3. The molecule has 0 aliphatic carbocycles. The van der Waals surface area contributed by atoms with E-state index in [1.165, 1.54) is 18.2 Å². The Kier molecular flexibility index (Phi) is 2.75. The van der Waals surface area contributed by atoms with Gasteiger partial charge in [0, 0.05) is 0 Å². The molecular weight excluding hydrogens is 261 g/mol. The molecule has 0 radical (unpaired) electrons. The molecule has 100 valence electrons. The number of rotatable bonds is 1. The number of halogens is 1. The fourth-order valence-corrected chi connectivity index (χ4v) is 2.08. The van der Waals surface area contributed by atoms with E-state index in [2.05, 4.69) is 0 Å². The van der Waals surface area contributed by atoms with E-state index in [9.17, 15) is 14.0 Å². The van der Waals surface area contributed by atoms with Gasteiger partial charge < -0.3 is 4.42 Å². The molecule has 0 aliphatic heterocycles. The van der Waals surface area contributed by atoms with Crippen molar-refractivity contribution in [3.63, 3.8) is 0 Å². The predicted molar refractivity (Wildman–Crippen MR) is 72.8 cm³/mol. The molecule has 1 heterocycles. The smallest absolute Gasteiger partial charge is 0.409 e. The van der Waals surface area contributed by atoms with Crippen molar-refractivity contribution in [3.8, 4) is 5.69 Å². The number of fused-ring (bicyclic) bond motifs is 1. The van der Waals surface area contributed by atoms with Crippen molar-refractivity contribution in [1.82, 2.24) is 4.57 Å². The monoisotopic (exact) mass is 271 g/mol. The normalized spacial score (nSPS) is 10.9. The van der Waals surface area contributed by atoms with E-state index in [0.717, 1.165) is 16.2 Å². The first-order valence-corrected chi connectivity index (χ1v) is 5.99. The summed E-state index contributed by atoms with van der Waals surface area (Å²) in [6.45, 7) is 1.83. The maximum atomic E-state index is 13.2. The zero-order valence-corrected chi connectivity index (χ0v) is 10.6. The van der Waals surface area contributed by atoms with Crippen LogP contribution in [0.2, 0.25) is 0 Å². The van der Waals surface area contributed by atoms with Gasteiger partial charge in [0.2, 0.25) is 0 Å². The van der Waals surface area contributed by atoms with E-state index in [4.69, 9.17) is 4.42 Å². The van der Waals surface area contributed by atoms with Crippen LogP contribution in [0.15, 0.2) is 56.5 Å². The topological polar surface area (TPSA) is 52.2 Å². The van der Waals surface area contributed by atoms with Crippen LogP contribution < -0.4 is 11.3 Å². The first-order valence-electron chi connectivity index (χ1n) is 5.99. The Morgan fingerprint density at radius 2 is 1.90 bits per heavy atom. The molecule has 0 atom stereocenters. The summed E-state index contributed by atoms with van der Waals surface area (Å²) in [5.41, 5.74) is 0.713. The molecule has 3 aromatic rings. The van der Waals surface area contributed by atoms with Crippen molar-refractivity contribution < 1.29 is 8.81 Å². The van der Waals surface area contributed by atoms with Crippen LogP contribution in [0.5, 0.6) is 0 Å². The van der Waals surface area contributed by atoms with Gasteiger partial charge in [-0.25, -0.2) is 13.8 Å². The SMILES string of the molecule is Cc1ccc2oc(=O)n(-c3cccc(F)c3)c(=O)c2c1. The molecule has 5 heteroatoms. The number of hydrogen-bond donors (Lipinski definition) is 0. The van der Waals surface area contributed by atoms with Crippen LogP contribution >= 0.6 is 0 Å². The van der Waals surface area contributed by atoms with E-state index in [-0.39, 0.29) is 16.7 Å². The third kappa shape index (κ3) is 1.93. The summed E-state index contributed by atoms with van der Waals surface area (Å²) < 4.78 is 19.2. The molecule has 0 saturated heterocycles. The lowest BCUT2D eigenvalue weighted by atomic mass is 10.2. The Morgan fingerprint density at radius 3 is 2.65 bits per heavy atom. The van der Waals surface area contributed by atoms with Gasteiger partial charge in [0.15, 0.2) is 0 Å². The van der Waals surface area contributed by atoms with Crippen molar-refractivity contribution in [3.05, 3.63) is 74.7 Å². The van der Waals surface area contributed by atoms with Gasteiger partial charge in [-0.1, -0.05) is 17.7 Å². The number of aromatic nitrogens is 1. The van der Waals surface area contributed by atoms with Crippen LogP contribution in [-0.2, 0) is 0 Å². The largest absolute Gasteiger partial charge is 0.426 e. The van der Waals surface area contributed by atoms with E-state index in [0.29, 0.717) is 0 Å². The van der Waals surface area contributed by atoms with Gasteiger partial charge in [-0.3, -0.25) is 4.79 Å². The Hall–Kier alpha value is -2.69. The summed E-state index contributed by atoms with van der Waals surface area (Å²) >= 11 is 0. The highest BCUT2D eigenvalue weighted by atomic mass is 19.1. The highest BCUT2D eigenvalue weighted by molar-refractivity contribution is 5.76. The minimum atomic E-state index is -0.836. The van der Waals surface area contributed by atoms with Gasteiger partial charge in [-0.15, -0.1) is 0 Å². The first kappa shape index (κ1) is 12.3. The molecule has 0 unspecified atom stereocenters. The number of nitrogens with zero attached hydrogens (tertiary/aromatic N) is 1. The summed E-state index contributed by atoms with van der Waals surface area (Å²) in [6.07, 6.45) is 0. The Labute approximate surface area is 112 Å². The van der Waals surface area contributed by atoms with Crippen molar-refractivity contribution in [2.45, 2.75) is 6.92 Å². The Balaban J connectivity index is 2.42. The summed E-state index contributed by atoms with van der Waals surface area (Å²) in [5.74, 6) is -1.37. The first-order chi connectivity index (χ1) is 9.56. The summed E-state index contributed by atoms with van der Waals surface area (Å²) in [7, 11) is 0. The number of aryl methyl sites for hydroxylation is 1. The predicted octanol–water partition coefficient (Wildman–Crippen LogP) is 2.39. The van der Waals surface area contributed by atoms with Crippen LogP contribution in [0.3, 0.4) is 0 Å². The lowest BCUT2D eigenvalue weighted by Gasteiger charge is -2.05. The van der Waals surface area contributed by atoms with E-state index < -0.39 is 17.1 Å². The molecule has 1 aromatic heterocycles. The maximum Gasteiger partial charge on any atom is 0.426 e. The second-order valence-electron chi connectivity index (χ2n) is 4.49. The molecule has 4 nitrogen and oxygen atoms in total. The quantitative estimate of drug-likeness (QED) is 0.683. The van der Waals surface area contributed by atoms with Gasteiger partial charge in [0.25, 0.3) is 5.56 Å². The zero-order valence-electron chi connectivity index (χ0n) is 10.6. The van der Waals surface area contributed by atoms with Crippen LogP contribution in [0, 0.1) is 12.7 Å². The molecule has 0 aliphatic rings. The fourth-order valence-electron chi connectivity index (χ4n) is 2.08. The van der Waals surface area contributed by atoms with Crippen molar-refractivity contribution in [2.75, 3.05) is 0 Å². The van der Waals surface area contributed by atoms with Crippen molar-refractivity contribution in [1.29, 1.82) is 0 Å². The molecule has 0 bridgehead atoms. The zero-order chi connectivity index (χ0) is 14.3. The number of benzene rings is 2. The Bertz CT molecular complexity index is 924. The van der Waals surface area contributed by atoms with E-state index >= 15 is 0 Å². The molecule has 2 aromatic carbocycles. The van der Waals surface area contributed by atoms with Gasteiger partial charge in [0.05, 0.1) is 11.1 Å². The van der Waals surface area contributed by atoms with Crippen molar-refractivity contribution >= 4 is 11.0 Å². The molecule has 0 fully saturated rings. The minimum Gasteiger partial charge on any atom is -0.409 e. The molecule has 0 N–H and O–H groups in total. The van der Waals surface area contributed by atoms with Crippen molar-refractivity contribution in [2.24, 2.45) is 0 Å². The lowest BCUT2D eigenvalue weighted by molar-refractivity contribution is 0.503. The Morgan fingerprint density at radius 1 is 1.10 bits per heavy atom. The average molecular weight is 271 g/mol. The van der Waals surface area contributed by atoms with Gasteiger partial charge in [-0.05, 0) is 37.3 Å². The van der Waals surface area contributed by atoms with Crippen LogP contribution in [0.4, 0.5) is 4.39 Å². The van der Waals surface area contributed by atoms with Gasteiger partial charge in [0.1, 0.15) is 11.4 Å². The lowest BCUT2D eigenvalue weighted by Crippen LogP contribution is -2.31. The standard InChI is InChI=1S/C15H10FNO3/c1-9-5-6-13-12(7-9)14(18)17(15(19)20-13)11-4-2-3-10(16)8-11/h2-8H,1H3. The fraction of sp³-hybridized carbons (Fsp3) is 0.0667. The maximum absolute atomic E-state index is 13.2. The third-order valence-electron chi connectivity index (χ3n) is 3.01. The second-order valence-corrected chi connectivity index (χ2v) is 4.49. The highest BCUT2D eigenvalue weighted by Crippen LogP contribution is 2.12. The summed E-state index contributed by atoms with van der Waals surface area (Å²) in [5, 5.41) is 0.286. The third-order valence-corrected chi connectivity index (χ3v) is 3.01. The van der Waals surface area contributed by atoms with E-state index in [1.54, 1.807) is 18.2 Å². The number of hydrogen-bond acceptors (Lipinski definition) is 3. The van der Waals surface area contributed by atoms with Crippen LogP contribution in [-0.4, -0.2) is 4.57 Å². The average Bonchev–Trinajstić information content (AvgIpc) is 2.40. The molecule has 3 rings (SSSR count). The molecule has 0 amide bonds. The molecule has 0 spiro atoms. The summed E-state index contributed by atoms with van der Waals surface area (Å²) in [6, 6.07) is 10.2. The highest BCUT2D eigenvalue weighted by Gasteiger charge is 2.11. The molecule has 20 heavy (non-hydrogen) atoms. The minimum absolute atomic E-state index is 0.146. The second kappa shape index (κ2) is 4.45.